The number of carbonyl (C=O) groups excluding carboxylic acids is 1. The molecule has 104 valence electrons. The van der Waals surface area contributed by atoms with Crippen molar-refractivity contribution in [3.8, 4) is 0 Å². The molecule has 5 nitrogen and oxygen atoms in total. The fourth-order valence-corrected chi connectivity index (χ4v) is 1.99. The van der Waals surface area contributed by atoms with E-state index in [9.17, 15) is 9.59 Å². The highest BCUT2D eigenvalue weighted by atomic mass is 16.4. The van der Waals surface area contributed by atoms with Crippen LogP contribution in [0.2, 0.25) is 0 Å². The number of fused-ring (bicyclic) bond motifs is 1. The second-order valence-corrected chi connectivity index (χ2v) is 4.41. The number of benzene rings is 2. The van der Waals surface area contributed by atoms with Crippen molar-refractivity contribution < 1.29 is 14.7 Å². The quantitative estimate of drug-likeness (QED) is 0.736. The molecule has 0 fully saturated rings. The molecule has 0 saturated carbocycles. The molecule has 5 heteroatoms. The van der Waals surface area contributed by atoms with Gasteiger partial charge in [0, 0.05) is 6.54 Å². The minimum Gasteiger partial charge on any atom is -0.480 e. The predicted octanol–water partition coefficient (Wildman–Crippen LogP) is 1.13. The number of amides is 1. The Balaban J connectivity index is 1.90. The van der Waals surface area contributed by atoms with E-state index in [1.54, 1.807) is 0 Å². The second-order valence-electron chi connectivity index (χ2n) is 4.41. The maximum Gasteiger partial charge on any atom is 0.322 e. The van der Waals surface area contributed by atoms with Gasteiger partial charge in [-0.2, -0.15) is 0 Å². The topological polar surface area (TPSA) is 78.4 Å². The largest absolute Gasteiger partial charge is 0.480 e. The van der Waals surface area contributed by atoms with Gasteiger partial charge in [0.15, 0.2) is 0 Å². The molecule has 0 unspecified atom stereocenters. The standard InChI is InChI=1S/C15H16N2O3/c18-14(17-10-15(19)20)9-16-8-12-6-3-5-11-4-1-2-7-13(11)12/h1-7,16H,8-10H2,(H,17,18)(H,19,20). The lowest BCUT2D eigenvalue weighted by molar-refractivity contribution is -0.137. The van der Waals surface area contributed by atoms with Crippen LogP contribution < -0.4 is 10.6 Å². The van der Waals surface area contributed by atoms with Crippen LogP contribution in [0.1, 0.15) is 5.56 Å². The third kappa shape index (κ3) is 3.80. The van der Waals surface area contributed by atoms with Crippen LogP contribution in [0.4, 0.5) is 0 Å². The zero-order valence-corrected chi connectivity index (χ0v) is 10.9. The zero-order valence-electron chi connectivity index (χ0n) is 10.9. The molecular formula is C15H16N2O3. The lowest BCUT2D eigenvalue weighted by Crippen LogP contribution is -2.36. The third-order valence-corrected chi connectivity index (χ3v) is 2.92. The van der Waals surface area contributed by atoms with E-state index in [1.165, 1.54) is 0 Å². The highest BCUT2D eigenvalue weighted by Gasteiger charge is 2.04. The molecular weight excluding hydrogens is 256 g/mol. The van der Waals surface area contributed by atoms with Crippen LogP contribution in [0.25, 0.3) is 10.8 Å². The van der Waals surface area contributed by atoms with E-state index in [1.807, 2.05) is 42.5 Å². The van der Waals surface area contributed by atoms with Crippen molar-refractivity contribution >= 4 is 22.6 Å². The number of rotatable bonds is 6. The summed E-state index contributed by atoms with van der Waals surface area (Å²) < 4.78 is 0. The number of carbonyl (C=O) groups is 2. The molecule has 0 aliphatic rings. The first-order valence-corrected chi connectivity index (χ1v) is 6.32. The minimum atomic E-state index is -1.05. The Morgan fingerprint density at radius 3 is 2.55 bits per heavy atom. The maximum absolute atomic E-state index is 11.4. The van der Waals surface area contributed by atoms with E-state index in [2.05, 4.69) is 10.6 Å². The van der Waals surface area contributed by atoms with Gasteiger partial charge in [-0.15, -0.1) is 0 Å². The van der Waals surface area contributed by atoms with Crippen molar-refractivity contribution in [1.29, 1.82) is 0 Å². The highest BCUT2D eigenvalue weighted by molar-refractivity contribution is 5.86. The molecule has 20 heavy (non-hydrogen) atoms. The van der Waals surface area contributed by atoms with Crippen molar-refractivity contribution in [2.45, 2.75) is 6.54 Å². The summed E-state index contributed by atoms with van der Waals surface area (Å²) in [6.45, 7) is 0.299. The molecule has 0 aliphatic carbocycles. The van der Waals surface area contributed by atoms with Gasteiger partial charge in [0.2, 0.25) is 5.91 Å². The Kier molecular flexibility index (Phi) is 4.68. The van der Waals surface area contributed by atoms with Gasteiger partial charge in [0.05, 0.1) is 6.54 Å². The van der Waals surface area contributed by atoms with Crippen molar-refractivity contribution in [3.63, 3.8) is 0 Å². The number of nitrogens with one attached hydrogen (secondary N) is 2. The van der Waals surface area contributed by atoms with E-state index >= 15 is 0 Å². The summed E-state index contributed by atoms with van der Waals surface area (Å²) in [4.78, 5) is 21.7. The highest BCUT2D eigenvalue weighted by Crippen LogP contribution is 2.17. The summed E-state index contributed by atoms with van der Waals surface area (Å²) in [6, 6.07) is 14.1. The SMILES string of the molecule is O=C(O)CNC(=O)CNCc1cccc2ccccc12. The van der Waals surface area contributed by atoms with Gasteiger partial charge in [0.1, 0.15) is 6.54 Å². The van der Waals surface area contributed by atoms with Crippen LogP contribution in [0.3, 0.4) is 0 Å². The number of hydrogen-bond donors (Lipinski definition) is 3. The van der Waals surface area contributed by atoms with Crippen LogP contribution in [0.5, 0.6) is 0 Å². The Hall–Kier alpha value is -2.40. The molecule has 2 rings (SSSR count). The molecule has 2 aromatic rings. The summed E-state index contributed by atoms with van der Waals surface area (Å²) in [5.41, 5.74) is 1.11. The normalized spacial score (nSPS) is 10.4. The molecule has 0 heterocycles. The van der Waals surface area contributed by atoms with Crippen molar-refractivity contribution in [2.24, 2.45) is 0 Å². The minimum absolute atomic E-state index is 0.0938. The summed E-state index contributed by atoms with van der Waals surface area (Å²) >= 11 is 0. The van der Waals surface area contributed by atoms with Crippen LogP contribution >= 0.6 is 0 Å². The van der Waals surface area contributed by atoms with Crippen LogP contribution in [0, 0.1) is 0 Å². The Morgan fingerprint density at radius 1 is 1.00 bits per heavy atom. The average molecular weight is 272 g/mol. The predicted molar refractivity (Wildman–Crippen MR) is 76.3 cm³/mol. The third-order valence-electron chi connectivity index (χ3n) is 2.92. The first kappa shape index (κ1) is 14.0. The van der Waals surface area contributed by atoms with E-state index in [4.69, 9.17) is 5.11 Å². The number of carboxylic acids is 1. The zero-order chi connectivity index (χ0) is 14.4. The van der Waals surface area contributed by atoms with Gasteiger partial charge in [-0.1, -0.05) is 42.5 Å². The van der Waals surface area contributed by atoms with E-state index in [0.717, 1.165) is 16.3 Å². The Labute approximate surface area is 116 Å². The van der Waals surface area contributed by atoms with Gasteiger partial charge in [-0.05, 0) is 16.3 Å². The summed E-state index contributed by atoms with van der Waals surface area (Å²) in [6.07, 6.45) is 0. The van der Waals surface area contributed by atoms with Gasteiger partial charge in [-0.25, -0.2) is 0 Å². The van der Waals surface area contributed by atoms with E-state index in [0.29, 0.717) is 6.54 Å². The van der Waals surface area contributed by atoms with Gasteiger partial charge in [-0.3, -0.25) is 9.59 Å². The van der Waals surface area contributed by atoms with Crippen LogP contribution in [-0.2, 0) is 16.1 Å². The van der Waals surface area contributed by atoms with E-state index < -0.39 is 5.97 Å². The molecule has 0 bridgehead atoms. The van der Waals surface area contributed by atoms with Crippen molar-refractivity contribution in [3.05, 3.63) is 48.0 Å². The molecule has 0 spiro atoms. The lowest BCUT2D eigenvalue weighted by atomic mass is 10.0. The molecule has 3 N–H and O–H groups in total. The second kappa shape index (κ2) is 6.68. The van der Waals surface area contributed by atoms with Crippen molar-refractivity contribution in [2.75, 3.05) is 13.1 Å². The Bertz CT molecular complexity index is 620. The number of carboxylic acid groups (broad SMARTS) is 1. The molecule has 0 aliphatic heterocycles. The summed E-state index contributed by atoms with van der Waals surface area (Å²) in [7, 11) is 0. The monoisotopic (exact) mass is 272 g/mol. The smallest absolute Gasteiger partial charge is 0.322 e. The fraction of sp³-hybridized carbons (Fsp3) is 0.200. The van der Waals surface area contributed by atoms with Gasteiger partial charge < -0.3 is 15.7 Å². The number of aliphatic carboxylic acids is 1. The molecule has 0 radical (unpaired) electrons. The molecule has 0 atom stereocenters. The number of hydrogen-bond acceptors (Lipinski definition) is 3. The molecule has 1 amide bonds. The molecule has 0 saturated heterocycles. The fourth-order valence-electron chi connectivity index (χ4n) is 1.99. The van der Waals surface area contributed by atoms with Crippen LogP contribution in [0.15, 0.2) is 42.5 Å². The molecule has 0 aromatic heterocycles. The van der Waals surface area contributed by atoms with Crippen molar-refractivity contribution in [1.82, 2.24) is 10.6 Å². The summed E-state index contributed by atoms with van der Waals surface area (Å²) in [5, 5.41) is 16.1. The van der Waals surface area contributed by atoms with Gasteiger partial charge >= 0.3 is 5.97 Å². The van der Waals surface area contributed by atoms with Crippen LogP contribution in [-0.4, -0.2) is 30.1 Å². The van der Waals surface area contributed by atoms with Gasteiger partial charge in [0.25, 0.3) is 0 Å². The molecule has 2 aromatic carbocycles. The summed E-state index contributed by atoms with van der Waals surface area (Å²) in [5.74, 6) is -1.37. The Morgan fingerprint density at radius 2 is 1.75 bits per heavy atom. The van der Waals surface area contributed by atoms with E-state index in [-0.39, 0.29) is 19.0 Å². The first-order chi connectivity index (χ1) is 9.66. The average Bonchev–Trinajstić information content (AvgIpc) is 2.45. The lowest BCUT2D eigenvalue weighted by Gasteiger charge is -2.08. The maximum atomic E-state index is 11.4. The first-order valence-electron chi connectivity index (χ1n) is 6.32.